The smallest absolute Gasteiger partial charge is 0.264 e. The van der Waals surface area contributed by atoms with Crippen molar-refractivity contribution in [1.29, 1.82) is 0 Å². The fourth-order valence-corrected chi connectivity index (χ4v) is 3.28. The Bertz CT molecular complexity index is 1250. The van der Waals surface area contributed by atoms with Gasteiger partial charge in [-0.1, -0.05) is 24.3 Å². The third kappa shape index (κ3) is 5.96. The number of aromatic amines is 1. The average molecular weight is 483 g/mol. The van der Waals surface area contributed by atoms with Crippen LogP contribution < -0.4 is 20.3 Å². The van der Waals surface area contributed by atoms with Crippen molar-refractivity contribution in [3.8, 4) is 23.0 Å². The SMILES string of the molecule is COc1ccc(C(NC(=O)c2cnc(-c3cccnn3)[nH]c2=O)c2ccc(OC)cc2)cc1.[K]. The van der Waals surface area contributed by atoms with E-state index in [1.807, 2.05) is 48.5 Å². The van der Waals surface area contributed by atoms with E-state index in [4.69, 9.17) is 9.47 Å². The van der Waals surface area contributed by atoms with Crippen molar-refractivity contribution in [2.24, 2.45) is 0 Å². The largest absolute Gasteiger partial charge is 0.497 e. The molecule has 2 N–H and O–H groups in total. The molecule has 34 heavy (non-hydrogen) atoms. The van der Waals surface area contributed by atoms with Crippen LogP contribution in [-0.4, -0.2) is 91.7 Å². The van der Waals surface area contributed by atoms with Crippen LogP contribution in [0.15, 0.2) is 77.9 Å². The molecule has 0 saturated carbocycles. The number of aromatic nitrogens is 4. The predicted molar refractivity (Wildman–Crippen MR) is 127 cm³/mol. The second-order valence-corrected chi connectivity index (χ2v) is 7.04. The average Bonchev–Trinajstić information content (AvgIpc) is 2.88. The van der Waals surface area contributed by atoms with Gasteiger partial charge in [-0.05, 0) is 47.5 Å². The maximum atomic E-state index is 13.1. The Kier molecular flexibility index (Phi) is 9.08. The van der Waals surface area contributed by atoms with E-state index < -0.39 is 17.5 Å². The molecule has 4 aromatic rings. The number of ether oxygens (including phenoxy) is 2. The van der Waals surface area contributed by atoms with Gasteiger partial charge >= 0.3 is 0 Å². The van der Waals surface area contributed by atoms with Crippen LogP contribution in [0.25, 0.3) is 11.5 Å². The normalized spacial score (nSPS) is 10.3. The van der Waals surface area contributed by atoms with E-state index in [2.05, 4.69) is 25.5 Å². The molecule has 1 radical (unpaired) electrons. The van der Waals surface area contributed by atoms with Gasteiger partial charge in [0.1, 0.15) is 22.8 Å². The number of benzene rings is 2. The molecule has 4 rings (SSSR count). The quantitative estimate of drug-likeness (QED) is 0.388. The molecule has 0 unspecified atom stereocenters. The summed E-state index contributed by atoms with van der Waals surface area (Å²) in [4.78, 5) is 32.5. The molecule has 0 fully saturated rings. The summed E-state index contributed by atoms with van der Waals surface area (Å²) in [6.07, 6.45) is 2.75. The van der Waals surface area contributed by atoms with Gasteiger partial charge in [0.2, 0.25) is 0 Å². The summed E-state index contributed by atoms with van der Waals surface area (Å²) in [5.74, 6) is 1.05. The summed E-state index contributed by atoms with van der Waals surface area (Å²) in [6, 6.07) is 17.5. The summed E-state index contributed by atoms with van der Waals surface area (Å²) in [5.41, 5.74) is 1.33. The fraction of sp³-hybridized carbons (Fsp3) is 0.125. The molecule has 167 valence electrons. The topological polar surface area (TPSA) is 119 Å². The van der Waals surface area contributed by atoms with Crippen molar-refractivity contribution in [2.75, 3.05) is 14.2 Å². The number of nitrogens with one attached hydrogen (secondary N) is 2. The van der Waals surface area contributed by atoms with Gasteiger partial charge in [-0.2, -0.15) is 5.10 Å². The summed E-state index contributed by atoms with van der Waals surface area (Å²) in [7, 11) is 3.17. The molecule has 0 aliphatic carbocycles. The van der Waals surface area contributed by atoms with Crippen molar-refractivity contribution in [1.82, 2.24) is 25.5 Å². The Morgan fingerprint density at radius 1 is 0.941 bits per heavy atom. The third-order valence-corrected chi connectivity index (χ3v) is 5.03. The molecule has 0 bridgehead atoms. The van der Waals surface area contributed by atoms with Crippen molar-refractivity contribution in [3.05, 3.63) is 100 Å². The van der Waals surface area contributed by atoms with Crippen LogP contribution in [0.5, 0.6) is 11.5 Å². The van der Waals surface area contributed by atoms with E-state index in [0.717, 1.165) is 11.1 Å². The minimum absolute atomic E-state index is 0. The number of methoxy groups -OCH3 is 2. The van der Waals surface area contributed by atoms with Crippen LogP contribution in [0, 0.1) is 0 Å². The Labute approximate surface area is 238 Å². The minimum Gasteiger partial charge on any atom is -0.497 e. The van der Waals surface area contributed by atoms with Crippen molar-refractivity contribution in [2.45, 2.75) is 6.04 Å². The zero-order valence-corrected chi connectivity index (χ0v) is 22.1. The molecular formula is C24H21KN5O4. The van der Waals surface area contributed by atoms with Gasteiger partial charge in [-0.15, -0.1) is 5.10 Å². The second-order valence-electron chi connectivity index (χ2n) is 7.04. The van der Waals surface area contributed by atoms with Gasteiger partial charge in [-0.3, -0.25) is 9.59 Å². The molecule has 9 nitrogen and oxygen atoms in total. The van der Waals surface area contributed by atoms with Crippen LogP contribution in [0.2, 0.25) is 0 Å². The number of H-pyrrole nitrogens is 1. The van der Waals surface area contributed by atoms with Gasteiger partial charge in [0.05, 0.1) is 20.3 Å². The van der Waals surface area contributed by atoms with Crippen LogP contribution in [-0.2, 0) is 0 Å². The first-order chi connectivity index (χ1) is 16.1. The van der Waals surface area contributed by atoms with Gasteiger partial charge in [0, 0.05) is 63.8 Å². The first kappa shape index (κ1) is 25.7. The minimum atomic E-state index is -0.577. The second kappa shape index (κ2) is 12.0. The Hall–Kier alpha value is -2.89. The molecule has 0 spiro atoms. The van der Waals surface area contributed by atoms with E-state index >= 15 is 0 Å². The third-order valence-electron chi connectivity index (χ3n) is 5.03. The van der Waals surface area contributed by atoms with Crippen LogP contribution in [0.4, 0.5) is 0 Å². The standard InChI is InChI=1S/C24H21N5O4.K/c1-32-17-9-5-15(6-10-17)21(16-7-11-18(33-2)12-8-16)27-23(30)19-14-25-22(28-24(19)31)20-4-3-13-26-29-20;/h3-14,21H,1-2H3,(H,27,30)(H,25,28,31);. The maximum absolute atomic E-state index is 13.1. The van der Waals surface area contributed by atoms with Gasteiger partial charge in [-0.25, -0.2) is 4.98 Å². The Morgan fingerprint density at radius 2 is 1.53 bits per heavy atom. The molecule has 10 heteroatoms. The fourth-order valence-electron chi connectivity index (χ4n) is 3.28. The van der Waals surface area contributed by atoms with Gasteiger partial charge < -0.3 is 19.8 Å². The monoisotopic (exact) mass is 482 g/mol. The number of hydrogen-bond acceptors (Lipinski definition) is 7. The van der Waals surface area contributed by atoms with E-state index in [0.29, 0.717) is 17.2 Å². The van der Waals surface area contributed by atoms with E-state index in [-0.39, 0.29) is 62.8 Å². The number of carbonyl (C=O) groups is 1. The zero-order chi connectivity index (χ0) is 23.2. The number of carbonyl (C=O) groups excluding carboxylic acids is 1. The Morgan fingerprint density at radius 3 is 2.00 bits per heavy atom. The number of hydrogen-bond donors (Lipinski definition) is 2. The maximum Gasteiger partial charge on any atom is 0.264 e. The van der Waals surface area contributed by atoms with E-state index in [9.17, 15) is 9.59 Å². The molecule has 2 aromatic carbocycles. The van der Waals surface area contributed by atoms with Gasteiger partial charge in [0.25, 0.3) is 11.5 Å². The molecule has 1 amide bonds. The van der Waals surface area contributed by atoms with Crippen LogP contribution in [0.3, 0.4) is 0 Å². The molecular weight excluding hydrogens is 461 g/mol. The molecule has 0 saturated heterocycles. The van der Waals surface area contributed by atoms with E-state index in [1.54, 1.807) is 26.4 Å². The summed E-state index contributed by atoms with van der Waals surface area (Å²) in [5, 5.41) is 10.6. The van der Waals surface area contributed by atoms with Crippen LogP contribution in [0.1, 0.15) is 27.5 Å². The number of rotatable bonds is 7. The first-order valence-electron chi connectivity index (χ1n) is 10.0. The van der Waals surface area contributed by atoms with Crippen molar-refractivity contribution in [3.63, 3.8) is 0 Å². The van der Waals surface area contributed by atoms with Crippen LogP contribution >= 0.6 is 0 Å². The molecule has 0 aliphatic rings. The van der Waals surface area contributed by atoms with Gasteiger partial charge in [0.15, 0.2) is 5.82 Å². The number of amides is 1. The molecule has 0 atom stereocenters. The number of nitrogens with zero attached hydrogens (tertiary/aromatic N) is 3. The molecule has 2 heterocycles. The first-order valence-corrected chi connectivity index (χ1v) is 10.0. The molecule has 2 aromatic heterocycles. The summed E-state index contributed by atoms with van der Waals surface area (Å²) >= 11 is 0. The van der Waals surface area contributed by atoms with Crippen molar-refractivity contribution < 1.29 is 14.3 Å². The summed E-state index contributed by atoms with van der Waals surface area (Å²) in [6.45, 7) is 0. The Balaban J connectivity index is 0.00000324. The predicted octanol–water partition coefficient (Wildman–Crippen LogP) is 2.38. The summed E-state index contributed by atoms with van der Waals surface area (Å²) < 4.78 is 10.5. The zero-order valence-electron chi connectivity index (χ0n) is 19.0. The van der Waals surface area contributed by atoms with E-state index in [1.165, 1.54) is 12.4 Å². The molecule has 0 aliphatic heterocycles. The van der Waals surface area contributed by atoms with Crippen molar-refractivity contribution >= 4 is 57.3 Å².